The highest BCUT2D eigenvalue weighted by Crippen LogP contribution is 2.22. The number of benzene rings is 1. The monoisotopic (exact) mass is 369 g/mol. The Balaban J connectivity index is 1.94. The Morgan fingerprint density at radius 3 is 2.70 bits per heavy atom. The normalized spacial score (nSPS) is 10.5. The Labute approximate surface area is 153 Å². The summed E-state index contributed by atoms with van der Waals surface area (Å²) in [6.45, 7) is 2.28. The van der Waals surface area contributed by atoms with Gasteiger partial charge in [-0.05, 0) is 31.2 Å². The Hall–Kier alpha value is -3.62. The van der Waals surface area contributed by atoms with Crippen molar-refractivity contribution in [2.24, 2.45) is 0 Å². The molecular weight excluding hydrogens is 353 g/mol. The zero-order valence-corrected chi connectivity index (χ0v) is 14.6. The van der Waals surface area contributed by atoms with Crippen LogP contribution in [0.5, 0.6) is 0 Å². The Bertz CT molecular complexity index is 1030. The number of urea groups is 1. The van der Waals surface area contributed by atoms with Gasteiger partial charge in [0.15, 0.2) is 5.65 Å². The van der Waals surface area contributed by atoms with Crippen LogP contribution >= 0.6 is 0 Å². The molecule has 0 aliphatic heterocycles. The van der Waals surface area contributed by atoms with E-state index in [0.717, 1.165) is 0 Å². The van der Waals surface area contributed by atoms with Gasteiger partial charge in [-0.15, -0.1) is 0 Å². The van der Waals surface area contributed by atoms with E-state index in [-0.39, 0.29) is 11.6 Å². The van der Waals surface area contributed by atoms with Crippen LogP contribution in [0.15, 0.2) is 36.5 Å². The van der Waals surface area contributed by atoms with E-state index in [1.807, 2.05) is 0 Å². The zero-order valence-electron chi connectivity index (χ0n) is 14.6. The van der Waals surface area contributed by atoms with Crippen LogP contribution in [0, 0.1) is 5.82 Å². The molecule has 9 heteroatoms. The largest absolute Gasteiger partial charge is 0.465 e. The van der Waals surface area contributed by atoms with E-state index in [2.05, 4.69) is 30.3 Å². The fraction of sp³-hybridized carbons (Fsp3) is 0.167. The number of hydrogen-bond donors (Lipinski definition) is 2. The molecule has 2 heterocycles. The summed E-state index contributed by atoms with van der Waals surface area (Å²) in [6, 6.07) is 6.94. The fourth-order valence-corrected chi connectivity index (χ4v) is 2.38. The van der Waals surface area contributed by atoms with Crippen LogP contribution in [-0.2, 0) is 4.74 Å². The summed E-state index contributed by atoms with van der Waals surface area (Å²) in [7, 11) is 1.18. The molecule has 2 aromatic heterocycles. The number of carbonyl (C=O) groups is 2. The predicted molar refractivity (Wildman–Crippen MR) is 96.8 cm³/mol. The van der Waals surface area contributed by atoms with E-state index >= 15 is 0 Å². The van der Waals surface area contributed by atoms with Gasteiger partial charge in [0.25, 0.3) is 0 Å². The van der Waals surface area contributed by atoms with Crippen LogP contribution in [-0.4, -0.2) is 40.6 Å². The van der Waals surface area contributed by atoms with Crippen molar-refractivity contribution in [1.82, 2.24) is 20.3 Å². The van der Waals surface area contributed by atoms with Crippen LogP contribution in [0.2, 0.25) is 0 Å². The van der Waals surface area contributed by atoms with E-state index in [1.54, 1.807) is 25.1 Å². The molecule has 0 bridgehead atoms. The van der Waals surface area contributed by atoms with Crippen molar-refractivity contribution in [2.75, 3.05) is 19.0 Å². The lowest BCUT2D eigenvalue weighted by Crippen LogP contribution is -2.28. The standard InChI is InChI=1S/C18H16FN5O3/c1-3-20-18(26)24-15-7-6-13-16(23-15)22-14(9-21-13)10-4-5-11(12(19)8-10)17(25)27-2/h4-9H,3H2,1-2H3,(H2,20,22,23,24,26). The third kappa shape index (κ3) is 3.97. The third-order valence-electron chi connectivity index (χ3n) is 3.66. The minimum absolute atomic E-state index is 0.165. The average molecular weight is 369 g/mol. The first-order valence-corrected chi connectivity index (χ1v) is 8.08. The first-order chi connectivity index (χ1) is 13.0. The van der Waals surface area contributed by atoms with Gasteiger partial charge >= 0.3 is 12.0 Å². The molecule has 3 rings (SSSR count). The molecule has 1 aromatic carbocycles. The van der Waals surface area contributed by atoms with Crippen molar-refractivity contribution in [2.45, 2.75) is 6.92 Å². The lowest BCUT2D eigenvalue weighted by Gasteiger charge is -2.07. The number of ether oxygens (including phenoxy) is 1. The molecule has 0 radical (unpaired) electrons. The number of aromatic nitrogens is 3. The van der Waals surface area contributed by atoms with Gasteiger partial charge in [-0.2, -0.15) is 0 Å². The van der Waals surface area contributed by atoms with Crippen molar-refractivity contribution in [3.05, 3.63) is 47.9 Å². The molecule has 3 aromatic rings. The van der Waals surface area contributed by atoms with Gasteiger partial charge in [0.1, 0.15) is 17.2 Å². The van der Waals surface area contributed by atoms with E-state index < -0.39 is 11.8 Å². The Kier molecular flexibility index (Phi) is 5.20. The number of carbonyl (C=O) groups excluding carboxylic acids is 2. The topological polar surface area (TPSA) is 106 Å². The van der Waals surface area contributed by atoms with Crippen molar-refractivity contribution >= 4 is 29.0 Å². The minimum atomic E-state index is -0.758. The number of rotatable bonds is 4. The lowest BCUT2D eigenvalue weighted by atomic mass is 10.1. The van der Waals surface area contributed by atoms with Crippen LogP contribution in [0.1, 0.15) is 17.3 Å². The number of amides is 2. The molecule has 0 unspecified atom stereocenters. The van der Waals surface area contributed by atoms with Crippen molar-refractivity contribution in [3.8, 4) is 11.3 Å². The van der Waals surface area contributed by atoms with E-state index in [9.17, 15) is 14.0 Å². The number of halogens is 1. The van der Waals surface area contributed by atoms with Crippen molar-refractivity contribution in [3.63, 3.8) is 0 Å². The molecule has 2 N–H and O–H groups in total. The van der Waals surface area contributed by atoms with Crippen LogP contribution < -0.4 is 10.6 Å². The Morgan fingerprint density at radius 2 is 2.00 bits per heavy atom. The number of pyridine rings is 1. The van der Waals surface area contributed by atoms with Gasteiger partial charge in [0.2, 0.25) is 0 Å². The maximum Gasteiger partial charge on any atom is 0.340 e. The SMILES string of the molecule is CCNC(=O)Nc1ccc2ncc(-c3ccc(C(=O)OC)c(F)c3)nc2n1. The fourth-order valence-electron chi connectivity index (χ4n) is 2.38. The smallest absolute Gasteiger partial charge is 0.340 e. The van der Waals surface area contributed by atoms with Crippen LogP contribution in [0.3, 0.4) is 0 Å². The highest BCUT2D eigenvalue weighted by molar-refractivity contribution is 5.91. The predicted octanol–water partition coefficient (Wildman–Crippen LogP) is 2.76. The molecule has 138 valence electrons. The summed E-state index contributed by atoms with van der Waals surface area (Å²) < 4.78 is 18.7. The lowest BCUT2D eigenvalue weighted by molar-refractivity contribution is 0.0595. The van der Waals surface area contributed by atoms with Gasteiger partial charge in [-0.1, -0.05) is 6.07 Å². The molecule has 0 fully saturated rings. The zero-order chi connectivity index (χ0) is 19.4. The third-order valence-corrected chi connectivity index (χ3v) is 3.66. The van der Waals surface area contributed by atoms with E-state index in [0.29, 0.717) is 34.8 Å². The molecule has 0 atom stereocenters. The molecule has 8 nitrogen and oxygen atoms in total. The van der Waals surface area contributed by atoms with Crippen molar-refractivity contribution < 1.29 is 18.7 Å². The molecule has 0 saturated carbocycles. The van der Waals surface area contributed by atoms with Gasteiger partial charge in [-0.25, -0.2) is 23.9 Å². The molecule has 0 spiro atoms. The molecule has 27 heavy (non-hydrogen) atoms. The molecule has 0 saturated heterocycles. The summed E-state index contributed by atoms with van der Waals surface area (Å²) in [5.41, 5.74) is 1.45. The number of anilines is 1. The maximum atomic E-state index is 14.1. The number of nitrogens with one attached hydrogen (secondary N) is 2. The second-order valence-electron chi connectivity index (χ2n) is 5.47. The summed E-state index contributed by atoms with van der Waals surface area (Å²) in [5, 5.41) is 5.19. The molecule has 0 aliphatic rings. The quantitative estimate of drug-likeness (QED) is 0.685. The molecule has 0 aliphatic carbocycles. The van der Waals surface area contributed by atoms with Gasteiger partial charge in [0, 0.05) is 12.1 Å². The molecular formula is C18H16FN5O3. The Morgan fingerprint density at radius 1 is 1.19 bits per heavy atom. The number of esters is 1. The van der Waals surface area contributed by atoms with Crippen LogP contribution in [0.25, 0.3) is 22.4 Å². The van der Waals surface area contributed by atoms with Crippen LogP contribution in [0.4, 0.5) is 15.0 Å². The van der Waals surface area contributed by atoms with E-state index in [4.69, 9.17) is 0 Å². The highest BCUT2D eigenvalue weighted by Gasteiger charge is 2.14. The van der Waals surface area contributed by atoms with Gasteiger partial charge in [0.05, 0.1) is 24.6 Å². The number of methoxy groups -OCH3 is 1. The van der Waals surface area contributed by atoms with Gasteiger partial charge in [-0.3, -0.25) is 10.3 Å². The van der Waals surface area contributed by atoms with Gasteiger partial charge < -0.3 is 10.1 Å². The minimum Gasteiger partial charge on any atom is -0.465 e. The van der Waals surface area contributed by atoms with E-state index in [1.165, 1.54) is 25.4 Å². The second-order valence-corrected chi connectivity index (χ2v) is 5.47. The summed E-state index contributed by atoms with van der Waals surface area (Å²) in [5.74, 6) is -1.17. The first kappa shape index (κ1) is 18.2. The summed E-state index contributed by atoms with van der Waals surface area (Å²) in [4.78, 5) is 36.0. The van der Waals surface area contributed by atoms with Crippen molar-refractivity contribution in [1.29, 1.82) is 0 Å². The number of fused-ring (bicyclic) bond motifs is 1. The second kappa shape index (κ2) is 7.73. The maximum absolute atomic E-state index is 14.1. The molecule has 2 amide bonds. The number of hydrogen-bond acceptors (Lipinski definition) is 6. The average Bonchev–Trinajstić information content (AvgIpc) is 2.67. The summed E-state index contributed by atoms with van der Waals surface area (Å²) in [6.07, 6.45) is 1.48. The highest BCUT2D eigenvalue weighted by atomic mass is 19.1. The first-order valence-electron chi connectivity index (χ1n) is 8.08. The summed E-state index contributed by atoms with van der Waals surface area (Å²) >= 11 is 0. The number of nitrogens with zero attached hydrogens (tertiary/aromatic N) is 3.